The van der Waals surface area contributed by atoms with Crippen LogP contribution in [0.4, 0.5) is 5.82 Å². The Hall–Kier alpha value is -2.68. The van der Waals surface area contributed by atoms with Crippen molar-refractivity contribution in [2.45, 2.75) is 78.6 Å². The van der Waals surface area contributed by atoms with Crippen LogP contribution in [0.15, 0.2) is 22.7 Å². The van der Waals surface area contributed by atoms with Crippen molar-refractivity contribution in [3.63, 3.8) is 0 Å². The standard InChI is InChI=1S/C27H35ClN4O4/c1-6-7-20(33)14-35-21-8-9-23(28)22(13-21)27-30-25(24-17(4)32-36-18(24)5)16(3)26(31-27)29-19-10-11-34-15(2)12-19/h8-9,13,15,19-20,33H,6-7,10-12,14H2,1-5H3,(H,29,30,31)/t15-,19-,20-/m1/s1. The summed E-state index contributed by atoms with van der Waals surface area (Å²) in [6, 6.07) is 5.61. The van der Waals surface area contributed by atoms with Crippen molar-refractivity contribution >= 4 is 17.4 Å². The van der Waals surface area contributed by atoms with Gasteiger partial charge in [0, 0.05) is 23.8 Å². The molecule has 0 saturated carbocycles. The quantitative estimate of drug-likeness (QED) is 0.364. The minimum atomic E-state index is -0.520. The van der Waals surface area contributed by atoms with E-state index in [1.54, 1.807) is 12.1 Å². The van der Waals surface area contributed by atoms with Crippen molar-refractivity contribution in [3.05, 3.63) is 40.2 Å². The van der Waals surface area contributed by atoms with Gasteiger partial charge in [0.05, 0.1) is 34.2 Å². The van der Waals surface area contributed by atoms with Crippen molar-refractivity contribution in [2.24, 2.45) is 0 Å². The Bertz CT molecular complexity index is 1180. The van der Waals surface area contributed by atoms with Gasteiger partial charge in [-0.25, -0.2) is 9.97 Å². The van der Waals surface area contributed by atoms with Gasteiger partial charge in [0.1, 0.15) is 23.9 Å². The van der Waals surface area contributed by atoms with Gasteiger partial charge in [0.2, 0.25) is 0 Å². The minimum Gasteiger partial charge on any atom is -0.491 e. The molecule has 0 bridgehead atoms. The van der Waals surface area contributed by atoms with Crippen LogP contribution in [-0.2, 0) is 4.74 Å². The molecule has 1 aromatic carbocycles. The predicted octanol–water partition coefficient (Wildman–Crippen LogP) is 5.90. The Morgan fingerprint density at radius 3 is 2.75 bits per heavy atom. The maximum Gasteiger partial charge on any atom is 0.163 e. The number of halogens is 1. The topological polar surface area (TPSA) is 103 Å². The molecule has 36 heavy (non-hydrogen) atoms. The Morgan fingerprint density at radius 2 is 2.06 bits per heavy atom. The number of anilines is 1. The molecule has 9 heteroatoms. The van der Waals surface area contributed by atoms with E-state index in [2.05, 4.69) is 17.4 Å². The summed E-state index contributed by atoms with van der Waals surface area (Å²) in [5.74, 6) is 2.51. The van der Waals surface area contributed by atoms with E-state index in [1.807, 2.05) is 33.8 Å². The first-order valence-corrected chi connectivity index (χ1v) is 12.9. The molecule has 0 unspecified atom stereocenters. The zero-order chi connectivity index (χ0) is 25.8. The number of rotatable bonds is 9. The maximum atomic E-state index is 10.1. The van der Waals surface area contributed by atoms with E-state index in [-0.39, 0.29) is 18.8 Å². The molecule has 4 rings (SSSR count). The fourth-order valence-electron chi connectivity index (χ4n) is 4.54. The normalized spacial score (nSPS) is 18.8. The fourth-order valence-corrected chi connectivity index (χ4v) is 4.74. The van der Waals surface area contributed by atoms with Crippen LogP contribution in [-0.4, -0.2) is 51.7 Å². The van der Waals surface area contributed by atoms with Crippen LogP contribution >= 0.6 is 11.6 Å². The first-order chi connectivity index (χ1) is 17.3. The highest BCUT2D eigenvalue weighted by Gasteiger charge is 2.25. The molecule has 1 fully saturated rings. The molecule has 1 aliphatic heterocycles. The van der Waals surface area contributed by atoms with Gasteiger partial charge < -0.3 is 24.4 Å². The van der Waals surface area contributed by atoms with E-state index in [0.29, 0.717) is 40.9 Å². The number of aryl methyl sites for hydroxylation is 2. The SMILES string of the molecule is CCC[C@@H](O)COc1ccc(Cl)c(-c2nc(N[C@@H]3CCO[C@H](C)C3)c(C)c(-c3c(C)noc3C)n2)c1. The van der Waals surface area contributed by atoms with Crippen molar-refractivity contribution in [1.29, 1.82) is 0 Å². The van der Waals surface area contributed by atoms with E-state index in [4.69, 9.17) is 35.6 Å². The van der Waals surface area contributed by atoms with E-state index in [1.165, 1.54) is 0 Å². The first kappa shape index (κ1) is 26.4. The molecule has 0 amide bonds. The third-order valence-corrected chi connectivity index (χ3v) is 6.81. The molecule has 2 N–H and O–H groups in total. The molecule has 0 aliphatic carbocycles. The molecule has 194 valence electrons. The summed E-state index contributed by atoms with van der Waals surface area (Å²) in [5, 5.41) is 18.4. The summed E-state index contributed by atoms with van der Waals surface area (Å²) in [6.07, 6.45) is 3.03. The van der Waals surface area contributed by atoms with Gasteiger partial charge in [-0.05, 0) is 65.2 Å². The van der Waals surface area contributed by atoms with Crippen molar-refractivity contribution in [2.75, 3.05) is 18.5 Å². The van der Waals surface area contributed by atoms with E-state index in [9.17, 15) is 5.11 Å². The number of aromatic nitrogens is 3. The van der Waals surface area contributed by atoms with Crippen LogP contribution in [0.5, 0.6) is 5.75 Å². The average molecular weight is 515 g/mol. The molecular weight excluding hydrogens is 480 g/mol. The van der Waals surface area contributed by atoms with Crippen molar-refractivity contribution < 1.29 is 19.1 Å². The highest BCUT2D eigenvalue weighted by molar-refractivity contribution is 6.33. The molecule has 3 atom stereocenters. The maximum absolute atomic E-state index is 10.1. The van der Waals surface area contributed by atoms with Gasteiger partial charge in [-0.1, -0.05) is 30.1 Å². The highest BCUT2D eigenvalue weighted by Crippen LogP contribution is 2.36. The molecule has 3 heterocycles. The number of ether oxygens (including phenoxy) is 2. The zero-order valence-corrected chi connectivity index (χ0v) is 22.4. The summed E-state index contributed by atoms with van der Waals surface area (Å²) < 4.78 is 17.0. The summed E-state index contributed by atoms with van der Waals surface area (Å²) in [5.41, 5.74) is 3.93. The second kappa shape index (κ2) is 11.6. The number of nitrogens with one attached hydrogen (secondary N) is 1. The van der Waals surface area contributed by atoms with Crippen molar-refractivity contribution in [3.8, 4) is 28.4 Å². The van der Waals surface area contributed by atoms with E-state index < -0.39 is 6.10 Å². The second-order valence-corrected chi connectivity index (χ2v) is 9.92. The smallest absolute Gasteiger partial charge is 0.163 e. The van der Waals surface area contributed by atoms with Gasteiger partial charge in [0.15, 0.2) is 5.82 Å². The highest BCUT2D eigenvalue weighted by atomic mass is 35.5. The fraction of sp³-hybridized carbons (Fsp3) is 0.519. The molecular formula is C27H35ClN4O4. The second-order valence-electron chi connectivity index (χ2n) is 9.51. The lowest BCUT2D eigenvalue weighted by Crippen LogP contribution is -2.33. The van der Waals surface area contributed by atoms with Gasteiger partial charge in [-0.3, -0.25) is 0 Å². The van der Waals surface area contributed by atoms with Crippen molar-refractivity contribution in [1.82, 2.24) is 15.1 Å². The van der Waals surface area contributed by atoms with Gasteiger partial charge in [-0.15, -0.1) is 0 Å². The Labute approximate surface area is 217 Å². The molecule has 0 radical (unpaired) electrons. The lowest BCUT2D eigenvalue weighted by atomic mass is 10.0. The van der Waals surface area contributed by atoms with E-state index in [0.717, 1.165) is 47.6 Å². The number of nitrogens with zero attached hydrogens (tertiary/aromatic N) is 3. The van der Waals surface area contributed by atoms with Gasteiger partial charge in [0.25, 0.3) is 0 Å². The van der Waals surface area contributed by atoms with Crippen LogP contribution in [0.2, 0.25) is 5.02 Å². The molecule has 0 spiro atoms. The minimum absolute atomic E-state index is 0.186. The molecule has 1 aliphatic rings. The lowest BCUT2D eigenvalue weighted by molar-refractivity contribution is 0.0231. The average Bonchev–Trinajstić information content (AvgIpc) is 3.18. The van der Waals surface area contributed by atoms with Crippen LogP contribution in [0.1, 0.15) is 56.5 Å². The molecule has 1 saturated heterocycles. The number of aliphatic hydroxyl groups excluding tert-OH is 1. The largest absolute Gasteiger partial charge is 0.491 e. The van der Waals surface area contributed by atoms with Crippen LogP contribution in [0.25, 0.3) is 22.6 Å². The van der Waals surface area contributed by atoms with Gasteiger partial charge >= 0.3 is 0 Å². The summed E-state index contributed by atoms with van der Waals surface area (Å²) in [7, 11) is 0. The third kappa shape index (κ3) is 5.99. The Kier molecular flexibility index (Phi) is 8.49. The predicted molar refractivity (Wildman–Crippen MR) is 141 cm³/mol. The summed E-state index contributed by atoms with van der Waals surface area (Å²) in [4.78, 5) is 9.85. The van der Waals surface area contributed by atoms with Crippen LogP contribution < -0.4 is 10.1 Å². The zero-order valence-electron chi connectivity index (χ0n) is 21.6. The third-order valence-electron chi connectivity index (χ3n) is 6.48. The Balaban J connectivity index is 1.76. The summed E-state index contributed by atoms with van der Waals surface area (Å²) >= 11 is 6.63. The number of hydrogen-bond donors (Lipinski definition) is 2. The van der Waals surface area contributed by atoms with Crippen LogP contribution in [0, 0.1) is 20.8 Å². The monoisotopic (exact) mass is 514 g/mol. The first-order valence-electron chi connectivity index (χ1n) is 12.6. The summed E-state index contributed by atoms with van der Waals surface area (Å²) in [6.45, 7) is 10.8. The molecule has 2 aromatic heterocycles. The number of aliphatic hydroxyl groups is 1. The Morgan fingerprint density at radius 1 is 1.25 bits per heavy atom. The lowest BCUT2D eigenvalue weighted by Gasteiger charge is -2.29. The molecule has 3 aromatic rings. The molecule has 8 nitrogen and oxygen atoms in total. The van der Waals surface area contributed by atoms with E-state index >= 15 is 0 Å². The van der Waals surface area contributed by atoms with Gasteiger partial charge in [-0.2, -0.15) is 0 Å². The number of hydrogen-bond acceptors (Lipinski definition) is 8. The van der Waals surface area contributed by atoms with Crippen LogP contribution in [0.3, 0.4) is 0 Å². The number of benzene rings is 1.